The zero-order valence-corrected chi connectivity index (χ0v) is 10.8. The second-order valence-corrected chi connectivity index (χ2v) is 4.59. The molecule has 6 nitrogen and oxygen atoms in total. The van der Waals surface area contributed by atoms with Gasteiger partial charge in [-0.2, -0.15) is 0 Å². The summed E-state index contributed by atoms with van der Waals surface area (Å²) >= 11 is 1.21. The number of nitrogens with zero attached hydrogens (tertiary/aromatic N) is 4. The Labute approximate surface area is 108 Å². The lowest BCUT2D eigenvalue weighted by atomic mass is 10.3. The maximum absolute atomic E-state index is 11.4. The molecule has 2 aromatic heterocycles. The lowest BCUT2D eigenvalue weighted by molar-refractivity contribution is -0.125. The van der Waals surface area contributed by atoms with Crippen LogP contribution in [0.15, 0.2) is 34.0 Å². The summed E-state index contributed by atoms with van der Waals surface area (Å²) in [4.78, 5) is 17.0. The van der Waals surface area contributed by atoms with Gasteiger partial charge in [-0.3, -0.25) is 9.78 Å². The maximum Gasteiger partial charge on any atom is 0.277 e. The molecule has 0 saturated carbocycles. The molecule has 7 heteroatoms. The maximum atomic E-state index is 11.4. The number of carbonyl (C=O) groups excluding carboxylic acids is 1. The third kappa shape index (κ3) is 3.07. The average Bonchev–Trinajstić information content (AvgIpc) is 2.85. The Morgan fingerprint density at radius 2 is 2.22 bits per heavy atom. The highest BCUT2D eigenvalue weighted by Gasteiger charge is 2.12. The standard InChI is InChI=1S/C11H12N4O2S/c1-15(2)9(16)7-18-11-14-13-10(17-11)8-5-3-4-6-12-8/h3-6H,7H2,1-2H3. The first-order valence-corrected chi connectivity index (χ1v) is 6.23. The molecule has 1 amide bonds. The SMILES string of the molecule is CN(C)C(=O)CSc1nnc(-c2ccccn2)o1. The van der Waals surface area contributed by atoms with E-state index in [2.05, 4.69) is 15.2 Å². The molecule has 0 bridgehead atoms. The molecular weight excluding hydrogens is 252 g/mol. The van der Waals surface area contributed by atoms with Gasteiger partial charge in [0.15, 0.2) is 0 Å². The van der Waals surface area contributed by atoms with E-state index in [1.807, 2.05) is 12.1 Å². The molecule has 0 aromatic carbocycles. The van der Waals surface area contributed by atoms with Gasteiger partial charge in [0.05, 0.1) is 5.75 Å². The molecule has 0 saturated heterocycles. The molecule has 2 rings (SSSR count). The monoisotopic (exact) mass is 264 g/mol. The fourth-order valence-corrected chi connectivity index (χ4v) is 1.86. The summed E-state index contributed by atoms with van der Waals surface area (Å²) in [7, 11) is 3.41. The van der Waals surface area contributed by atoms with Crippen LogP contribution in [0.1, 0.15) is 0 Å². The first-order chi connectivity index (χ1) is 8.66. The molecule has 0 spiro atoms. The normalized spacial score (nSPS) is 10.3. The van der Waals surface area contributed by atoms with E-state index in [1.54, 1.807) is 26.4 Å². The van der Waals surface area contributed by atoms with E-state index in [4.69, 9.17) is 4.42 Å². The van der Waals surface area contributed by atoms with Crippen molar-refractivity contribution in [3.63, 3.8) is 0 Å². The van der Waals surface area contributed by atoms with Gasteiger partial charge in [0, 0.05) is 20.3 Å². The van der Waals surface area contributed by atoms with Crippen molar-refractivity contribution in [2.75, 3.05) is 19.8 Å². The minimum atomic E-state index is -0.00224. The Kier molecular flexibility index (Phi) is 3.93. The van der Waals surface area contributed by atoms with E-state index in [1.165, 1.54) is 16.7 Å². The predicted molar refractivity (Wildman–Crippen MR) is 66.9 cm³/mol. The molecule has 0 unspecified atom stereocenters. The molecular formula is C11H12N4O2S. The van der Waals surface area contributed by atoms with Crippen molar-refractivity contribution in [3.8, 4) is 11.6 Å². The number of hydrogen-bond donors (Lipinski definition) is 0. The molecule has 0 aliphatic carbocycles. The number of thioether (sulfide) groups is 1. The summed E-state index contributed by atoms with van der Waals surface area (Å²) in [5, 5.41) is 8.11. The van der Waals surface area contributed by atoms with Crippen molar-refractivity contribution in [2.45, 2.75) is 5.22 Å². The summed E-state index contributed by atoms with van der Waals surface area (Å²) < 4.78 is 5.41. The second kappa shape index (κ2) is 5.63. The Bertz CT molecular complexity index is 527. The number of aromatic nitrogens is 3. The van der Waals surface area contributed by atoms with E-state index in [9.17, 15) is 4.79 Å². The third-order valence-corrected chi connectivity index (χ3v) is 2.91. The van der Waals surface area contributed by atoms with Gasteiger partial charge in [-0.1, -0.05) is 17.8 Å². The summed E-state index contributed by atoms with van der Waals surface area (Å²) in [5.41, 5.74) is 0.621. The minimum absolute atomic E-state index is 0.00224. The summed E-state index contributed by atoms with van der Waals surface area (Å²) in [6.07, 6.45) is 1.65. The Morgan fingerprint density at radius 1 is 1.39 bits per heavy atom. The number of carbonyl (C=O) groups is 1. The fraction of sp³-hybridized carbons (Fsp3) is 0.273. The lowest BCUT2D eigenvalue weighted by Crippen LogP contribution is -2.23. The molecule has 0 N–H and O–H groups in total. The highest BCUT2D eigenvalue weighted by atomic mass is 32.2. The Balaban J connectivity index is 2.01. The minimum Gasteiger partial charge on any atom is -0.410 e. The smallest absolute Gasteiger partial charge is 0.277 e. The zero-order chi connectivity index (χ0) is 13.0. The van der Waals surface area contributed by atoms with Crippen LogP contribution in [0.4, 0.5) is 0 Å². The van der Waals surface area contributed by atoms with Crippen LogP contribution in [-0.2, 0) is 4.79 Å². The largest absolute Gasteiger partial charge is 0.410 e. The van der Waals surface area contributed by atoms with Crippen molar-refractivity contribution in [2.24, 2.45) is 0 Å². The van der Waals surface area contributed by atoms with Crippen LogP contribution in [0, 0.1) is 0 Å². The summed E-state index contributed by atoms with van der Waals surface area (Å²) in [5.74, 6) is 0.629. The molecule has 18 heavy (non-hydrogen) atoms. The van der Waals surface area contributed by atoms with Crippen molar-refractivity contribution in [1.82, 2.24) is 20.1 Å². The number of pyridine rings is 1. The van der Waals surface area contributed by atoms with E-state index in [0.717, 1.165) is 0 Å². The van der Waals surface area contributed by atoms with Crippen molar-refractivity contribution < 1.29 is 9.21 Å². The quantitative estimate of drug-likeness (QED) is 0.775. The predicted octanol–water partition coefficient (Wildman–Crippen LogP) is 1.31. The third-order valence-electron chi connectivity index (χ3n) is 2.11. The molecule has 0 atom stereocenters. The van der Waals surface area contributed by atoms with Crippen LogP contribution >= 0.6 is 11.8 Å². The van der Waals surface area contributed by atoms with E-state index >= 15 is 0 Å². The lowest BCUT2D eigenvalue weighted by Gasteiger charge is -2.07. The van der Waals surface area contributed by atoms with E-state index < -0.39 is 0 Å². The highest BCUT2D eigenvalue weighted by molar-refractivity contribution is 7.99. The number of rotatable bonds is 4. The molecule has 94 valence electrons. The average molecular weight is 264 g/mol. The molecule has 0 aliphatic rings. The first kappa shape index (κ1) is 12.6. The fourth-order valence-electron chi connectivity index (χ4n) is 1.11. The van der Waals surface area contributed by atoms with Crippen LogP contribution in [-0.4, -0.2) is 45.8 Å². The van der Waals surface area contributed by atoms with Gasteiger partial charge in [-0.05, 0) is 12.1 Å². The van der Waals surface area contributed by atoms with Crippen LogP contribution in [0.5, 0.6) is 0 Å². The zero-order valence-electron chi connectivity index (χ0n) is 10.0. The number of amides is 1. The van der Waals surface area contributed by atoms with Crippen molar-refractivity contribution >= 4 is 17.7 Å². The van der Waals surface area contributed by atoms with Crippen LogP contribution in [0.25, 0.3) is 11.6 Å². The van der Waals surface area contributed by atoms with Gasteiger partial charge in [-0.15, -0.1) is 10.2 Å². The molecule has 0 fully saturated rings. The molecule has 0 aliphatic heterocycles. The highest BCUT2D eigenvalue weighted by Crippen LogP contribution is 2.21. The number of hydrogen-bond acceptors (Lipinski definition) is 6. The van der Waals surface area contributed by atoms with Gasteiger partial charge in [0.2, 0.25) is 5.91 Å². The van der Waals surface area contributed by atoms with E-state index in [-0.39, 0.29) is 11.7 Å². The van der Waals surface area contributed by atoms with Gasteiger partial charge < -0.3 is 9.32 Å². The van der Waals surface area contributed by atoms with Gasteiger partial charge >= 0.3 is 0 Å². The first-order valence-electron chi connectivity index (χ1n) is 5.24. The molecule has 2 heterocycles. The van der Waals surface area contributed by atoms with Crippen molar-refractivity contribution in [3.05, 3.63) is 24.4 Å². The van der Waals surface area contributed by atoms with Crippen LogP contribution in [0.2, 0.25) is 0 Å². The van der Waals surface area contributed by atoms with Gasteiger partial charge in [0.25, 0.3) is 11.1 Å². The van der Waals surface area contributed by atoms with Gasteiger partial charge in [0.1, 0.15) is 5.69 Å². The Morgan fingerprint density at radius 3 is 2.89 bits per heavy atom. The van der Waals surface area contributed by atoms with E-state index in [0.29, 0.717) is 16.8 Å². The van der Waals surface area contributed by atoms with Crippen LogP contribution in [0.3, 0.4) is 0 Å². The summed E-state index contributed by atoms with van der Waals surface area (Å²) in [6.45, 7) is 0. The molecule has 0 radical (unpaired) electrons. The molecule has 2 aromatic rings. The van der Waals surface area contributed by atoms with Crippen LogP contribution < -0.4 is 0 Å². The summed E-state index contributed by atoms with van der Waals surface area (Å²) in [6, 6.07) is 5.44. The van der Waals surface area contributed by atoms with Crippen molar-refractivity contribution in [1.29, 1.82) is 0 Å². The topological polar surface area (TPSA) is 72.1 Å². The second-order valence-electron chi connectivity index (χ2n) is 3.66. The Hall–Kier alpha value is -1.89. The van der Waals surface area contributed by atoms with Gasteiger partial charge in [-0.25, -0.2) is 0 Å².